The minimum Gasteiger partial charge on any atom is -0.393 e. The molecule has 0 radical (unpaired) electrons. The SMILES string of the molecule is CC(=O)N1CCCN(C(C)CC(N)=S)CC1. The van der Waals surface area contributed by atoms with E-state index in [-0.39, 0.29) is 5.91 Å². The van der Waals surface area contributed by atoms with Gasteiger partial charge >= 0.3 is 0 Å². The fourth-order valence-corrected chi connectivity index (χ4v) is 2.35. The molecule has 0 bridgehead atoms. The topological polar surface area (TPSA) is 49.6 Å². The Kier molecular flexibility index (Phi) is 5.15. The number of hydrogen-bond donors (Lipinski definition) is 1. The van der Waals surface area contributed by atoms with E-state index in [2.05, 4.69) is 11.8 Å². The number of carbonyl (C=O) groups is 1. The van der Waals surface area contributed by atoms with Gasteiger partial charge in [0.15, 0.2) is 0 Å². The lowest BCUT2D eigenvalue weighted by molar-refractivity contribution is -0.128. The smallest absolute Gasteiger partial charge is 0.219 e. The van der Waals surface area contributed by atoms with Crippen LogP contribution in [0.5, 0.6) is 0 Å². The van der Waals surface area contributed by atoms with Gasteiger partial charge < -0.3 is 10.6 Å². The molecule has 0 aliphatic carbocycles. The minimum absolute atomic E-state index is 0.170. The number of rotatable bonds is 3. The van der Waals surface area contributed by atoms with Gasteiger partial charge in [0, 0.05) is 45.6 Å². The van der Waals surface area contributed by atoms with Crippen LogP contribution < -0.4 is 5.73 Å². The maximum Gasteiger partial charge on any atom is 0.219 e. The molecule has 92 valence electrons. The van der Waals surface area contributed by atoms with E-state index in [4.69, 9.17) is 18.0 Å². The van der Waals surface area contributed by atoms with E-state index in [1.807, 2.05) is 4.90 Å². The second kappa shape index (κ2) is 6.15. The predicted molar refractivity (Wildman–Crippen MR) is 69.3 cm³/mol. The first-order valence-electron chi connectivity index (χ1n) is 5.78. The second-order valence-electron chi connectivity index (χ2n) is 4.42. The van der Waals surface area contributed by atoms with Gasteiger partial charge in [0.05, 0.1) is 4.99 Å². The largest absolute Gasteiger partial charge is 0.393 e. The summed E-state index contributed by atoms with van der Waals surface area (Å²) in [5.74, 6) is 0.170. The number of nitrogens with two attached hydrogens (primary N) is 1. The first kappa shape index (κ1) is 13.4. The molecule has 2 N–H and O–H groups in total. The molecule has 0 aromatic heterocycles. The van der Waals surface area contributed by atoms with Gasteiger partial charge in [0.2, 0.25) is 5.91 Å². The van der Waals surface area contributed by atoms with E-state index in [9.17, 15) is 4.79 Å². The average Bonchev–Trinajstić information content (AvgIpc) is 2.41. The Morgan fingerprint density at radius 3 is 2.62 bits per heavy atom. The van der Waals surface area contributed by atoms with Crippen molar-refractivity contribution in [1.29, 1.82) is 0 Å². The summed E-state index contributed by atoms with van der Waals surface area (Å²) in [6.45, 7) is 7.40. The highest BCUT2D eigenvalue weighted by atomic mass is 32.1. The summed E-state index contributed by atoms with van der Waals surface area (Å²) in [5.41, 5.74) is 5.55. The Hall–Kier alpha value is -0.680. The molecule has 0 spiro atoms. The molecule has 1 amide bonds. The number of amides is 1. The van der Waals surface area contributed by atoms with Crippen LogP contribution in [0.2, 0.25) is 0 Å². The van der Waals surface area contributed by atoms with Crippen LogP contribution in [0.4, 0.5) is 0 Å². The van der Waals surface area contributed by atoms with E-state index in [0.717, 1.165) is 39.0 Å². The highest BCUT2D eigenvalue weighted by Crippen LogP contribution is 2.09. The van der Waals surface area contributed by atoms with Crippen molar-refractivity contribution in [3.05, 3.63) is 0 Å². The molecule has 0 saturated carbocycles. The Bertz CT molecular complexity index is 270. The summed E-state index contributed by atoms with van der Waals surface area (Å²) in [6.07, 6.45) is 1.79. The average molecular weight is 243 g/mol. The van der Waals surface area contributed by atoms with Crippen LogP contribution in [0.3, 0.4) is 0 Å². The Morgan fingerprint density at radius 1 is 1.38 bits per heavy atom. The molecule has 5 heteroatoms. The number of carbonyl (C=O) groups excluding carboxylic acids is 1. The number of nitrogens with zero attached hydrogens (tertiary/aromatic N) is 2. The Labute approximate surface area is 103 Å². The summed E-state index contributed by atoms with van der Waals surface area (Å²) in [6, 6.07) is 0.379. The van der Waals surface area contributed by atoms with E-state index >= 15 is 0 Å². The third-order valence-electron chi connectivity index (χ3n) is 3.10. The van der Waals surface area contributed by atoms with Crippen LogP contribution in [0, 0.1) is 0 Å². The molecule has 1 aliphatic heterocycles. The molecule has 0 aromatic carbocycles. The molecular formula is C11H21N3OS. The third kappa shape index (κ3) is 4.06. The molecule has 1 atom stereocenters. The standard InChI is InChI=1S/C11H21N3OS/c1-9(8-11(12)16)13-4-3-5-14(7-6-13)10(2)15/h9H,3-8H2,1-2H3,(H2,12,16). The van der Waals surface area contributed by atoms with Crippen molar-refractivity contribution in [1.82, 2.24) is 9.80 Å². The zero-order valence-electron chi connectivity index (χ0n) is 10.1. The summed E-state index contributed by atoms with van der Waals surface area (Å²) < 4.78 is 0. The van der Waals surface area contributed by atoms with Gasteiger partial charge in [-0.3, -0.25) is 9.69 Å². The molecule has 1 aliphatic rings. The van der Waals surface area contributed by atoms with Gasteiger partial charge in [0.25, 0.3) is 0 Å². The zero-order chi connectivity index (χ0) is 12.1. The summed E-state index contributed by atoms with van der Waals surface area (Å²) >= 11 is 4.93. The monoisotopic (exact) mass is 243 g/mol. The lowest BCUT2D eigenvalue weighted by Gasteiger charge is -2.27. The van der Waals surface area contributed by atoms with E-state index in [0.29, 0.717) is 11.0 Å². The van der Waals surface area contributed by atoms with Crippen molar-refractivity contribution >= 4 is 23.1 Å². The van der Waals surface area contributed by atoms with Gasteiger partial charge in [-0.15, -0.1) is 0 Å². The van der Waals surface area contributed by atoms with Crippen molar-refractivity contribution in [3.63, 3.8) is 0 Å². The van der Waals surface area contributed by atoms with Crippen molar-refractivity contribution in [3.8, 4) is 0 Å². The molecular weight excluding hydrogens is 222 g/mol. The van der Waals surface area contributed by atoms with Gasteiger partial charge in [0.1, 0.15) is 0 Å². The van der Waals surface area contributed by atoms with Crippen LogP contribution in [0.15, 0.2) is 0 Å². The fraction of sp³-hybridized carbons (Fsp3) is 0.818. The minimum atomic E-state index is 0.170. The normalized spacial score (nSPS) is 20.2. The van der Waals surface area contributed by atoms with Crippen LogP contribution in [0.1, 0.15) is 26.7 Å². The van der Waals surface area contributed by atoms with Crippen LogP contribution in [0.25, 0.3) is 0 Å². The maximum atomic E-state index is 11.3. The van der Waals surface area contributed by atoms with Crippen LogP contribution in [-0.2, 0) is 4.79 Å². The van der Waals surface area contributed by atoms with Gasteiger partial charge in [-0.05, 0) is 13.3 Å². The van der Waals surface area contributed by atoms with Crippen LogP contribution >= 0.6 is 12.2 Å². The lowest BCUT2D eigenvalue weighted by Crippen LogP contribution is -2.39. The van der Waals surface area contributed by atoms with Crippen molar-refractivity contribution in [2.45, 2.75) is 32.7 Å². The summed E-state index contributed by atoms with van der Waals surface area (Å²) in [7, 11) is 0. The quantitative estimate of drug-likeness (QED) is 0.738. The lowest BCUT2D eigenvalue weighted by atomic mass is 10.2. The first-order valence-corrected chi connectivity index (χ1v) is 6.19. The summed E-state index contributed by atoms with van der Waals surface area (Å²) in [4.78, 5) is 16.1. The Balaban J connectivity index is 2.46. The Morgan fingerprint density at radius 2 is 2.06 bits per heavy atom. The molecule has 0 aromatic rings. The molecule has 1 unspecified atom stereocenters. The molecule has 16 heavy (non-hydrogen) atoms. The number of thiocarbonyl (C=S) groups is 1. The molecule has 1 heterocycles. The summed E-state index contributed by atoms with van der Waals surface area (Å²) in [5, 5.41) is 0. The zero-order valence-corrected chi connectivity index (χ0v) is 10.9. The highest BCUT2D eigenvalue weighted by molar-refractivity contribution is 7.80. The van der Waals surface area contributed by atoms with Crippen molar-refractivity contribution in [2.24, 2.45) is 5.73 Å². The number of hydrogen-bond acceptors (Lipinski definition) is 3. The van der Waals surface area contributed by atoms with Crippen molar-refractivity contribution in [2.75, 3.05) is 26.2 Å². The molecule has 4 nitrogen and oxygen atoms in total. The third-order valence-corrected chi connectivity index (χ3v) is 3.26. The van der Waals surface area contributed by atoms with E-state index in [1.165, 1.54) is 0 Å². The first-order chi connectivity index (χ1) is 7.50. The van der Waals surface area contributed by atoms with E-state index in [1.54, 1.807) is 6.92 Å². The fourth-order valence-electron chi connectivity index (χ4n) is 2.11. The van der Waals surface area contributed by atoms with Gasteiger partial charge in [-0.1, -0.05) is 12.2 Å². The maximum absolute atomic E-state index is 11.3. The molecule has 1 saturated heterocycles. The molecule has 1 fully saturated rings. The van der Waals surface area contributed by atoms with E-state index < -0.39 is 0 Å². The molecule has 1 rings (SSSR count). The second-order valence-corrected chi connectivity index (χ2v) is 4.94. The predicted octanol–water partition coefficient (Wildman–Crippen LogP) is 0.605. The van der Waals surface area contributed by atoms with Crippen molar-refractivity contribution < 1.29 is 4.79 Å². The highest BCUT2D eigenvalue weighted by Gasteiger charge is 2.20. The van der Waals surface area contributed by atoms with Gasteiger partial charge in [-0.2, -0.15) is 0 Å². The van der Waals surface area contributed by atoms with Gasteiger partial charge in [-0.25, -0.2) is 0 Å². The van der Waals surface area contributed by atoms with Crippen LogP contribution in [-0.4, -0.2) is 52.9 Å².